The third-order valence-electron chi connectivity index (χ3n) is 2.93. The molecule has 2 aromatic rings. The SMILES string of the molecule is CC(C)Oc1ccc(NC(N)=NCc2cc(F)ccc2Br)cc1. The van der Waals surface area contributed by atoms with Gasteiger partial charge in [0.15, 0.2) is 5.96 Å². The monoisotopic (exact) mass is 379 g/mol. The van der Waals surface area contributed by atoms with Crippen LogP contribution in [0.2, 0.25) is 0 Å². The summed E-state index contributed by atoms with van der Waals surface area (Å²) in [5, 5.41) is 2.99. The Morgan fingerprint density at radius 3 is 2.61 bits per heavy atom. The Morgan fingerprint density at radius 1 is 1.26 bits per heavy atom. The number of guanidine groups is 1. The van der Waals surface area contributed by atoms with Crippen LogP contribution in [0.1, 0.15) is 19.4 Å². The molecule has 0 aliphatic heterocycles. The molecule has 0 saturated heterocycles. The molecule has 0 aliphatic carbocycles. The summed E-state index contributed by atoms with van der Waals surface area (Å²) >= 11 is 3.36. The van der Waals surface area contributed by atoms with Gasteiger partial charge < -0.3 is 15.8 Å². The highest BCUT2D eigenvalue weighted by Gasteiger charge is 2.02. The Bertz CT molecular complexity index is 687. The smallest absolute Gasteiger partial charge is 0.193 e. The average molecular weight is 380 g/mol. The van der Waals surface area contributed by atoms with Gasteiger partial charge in [0.25, 0.3) is 0 Å². The second-order valence-electron chi connectivity index (χ2n) is 5.25. The number of nitrogens with two attached hydrogens (primary N) is 1. The molecule has 0 saturated carbocycles. The van der Waals surface area contributed by atoms with E-state index in [1.165, 1.54) is 12.1 Å². The Hall–Kier alpha value is -2.08. The molecule has 0 atom stereocenters. The van der Waals surface area contributed by atoms with E-state index in [-0.39, 0.29) is 24.4 Å². The topological polar surface area (TPSA) is 59.6 Å². The predicted octanol–water partition coefficient (Wildman–Crippen LogP) is 4.30. The van der Waals surface area contributed by atoms with E-state index < -0.39 is 0 Å². The first-order valence-electron chi connectivity index (χ1n) is 7.21. The van der Waals surface area contributed by atoms with Crippen LogP contribution in [-0.4, -0.2) is 12.1 Å². The average Bonchev–Trinajstić information content (AvgIpc) is 2.50. The number of aliphatic imine (C=N–C) groups is 1. The van der Waals surface area contributed by atoms with E-state index in [1.54, 1.807) is 6.07 Å². The Labute approximate surface area is 143 Å². The quantitative estimate of drug-likeness (QED) is 0.601. The molecule has 6 heteroatoms. The lowest BCUT2D eigenvalue weighted by molar-refractivity contribution is 0.242. The van der Waals surface area contributed by atoms with Crippen molar-refractivity contribution < 1.29 is 9.13 Å². The summed E-state index contributed by atoms with van der Waals surface area (Å²) in [5.41, 5.74) is 7.40. The molecule has 0 unspecified atom stereocenters. The van der Waals surface area contributed by atoms with Crippen LogP contribution in [0.5, 0.6) is 5.75 Å². The fraction of sp³-hybridized carbons (Fsp3) is 0.235. The lowest BCUT2D eigenvalue weighted by Crippen LogP contribution is -2.22. The predicted molar refractivity (Wildman–Crippen MR) is 95.3 cm³/mol. The number of benzene rings is 2. The van der Waals surface area contributed by atoms with E-state index in [0.717, 1.165) is 21.5 Å². The zero-order valence-electron chi connectivity index (χ0n) is 13.0. The minimum atomic E-state index is -0.300. The molecular weight excluding hydrogens is 361 g/mol. The van der Waals surface area contributed by atoms with E-state index in [0.29, 0.717) is 0 Å². The van der Waals surface area contributed by atoms with E-state index in [9.17, 15) is 4.39 Å². The van der Waals surface area contributed by atoms with Gasteiger partial charge in [-0.15, -0.1) is 0 Å². The molecule has 0 heterocycles. The molecule has 0 spiro atoms. The highest BCUT2D eigenvalue weighted by atomic mass is 79.9. The first kappa shape index (κ1) is 17.3. The maximum atomic E-state index is 13.2. The Kier molecular flexibility index (Phi) is 5.98. The molecule has 2 rings (SSSR count). The molecule has 0 amide bonds. The first-order valence-corrected chi connectivity index (χ1v) is 8.01. The van der Waals surface area contributed by atoms with Crippen molar-refractivity contribution in [1.82, 2.24) is 0 Å². The van der Waals surface area contributed by atoms with Gasteiger partial charge in [-0.25, -0.2) is 9.38 Å². The number of anilines is 1. The lowest BCUT2D eigenvalue weighted by atomic mass is 10.2. The number of ether oxygens (including phenoxy) is 1. The Balaban J connectivity index is 1.98. The van der Waals surface area contributed by atoms with Crippen molar-refractivity contribution in [1.29, 1.82) is 0 Å². The largest absolute Gasteiger partial charge is 0.491 e. The van der Waals surface area contributed by atoms with Crippen molar-refractivity contribution in [2.24, 2.45) is 10.7 Å². The zero-order chi connectivity index (χ0) is 16.8. The number of hydrogen-bond donors (Lipinski definition) is 2. The number of hydrogen-bond acceptors (Lipinski definition) is 2. The number of nitrogens with one attached hydrogen (secondary N) is 1. The second-order valence-corrected chi connectivity index (χ2v) is 6.11. The third-order valence-corrected chi connectivity index (χ3v) is 3.70. The molecule has 0 aromatic heterocycles. The van der Waals surface area contributed by atoms with Crippen LogP contribution in [0.4, 0.5) is 10.1 Å². The van der Waals surface area contributed by atoms with Crippen LogP contribution in [0.15, 0.2) is 51.9 Å². The minimum absolute atomic E-state index is 0.130. The minimum Gasteiger partial charge on any atom is -0.491 e. The highest BCUT2D eigenvalue weighted by Crippen LogP contribution is 2.19. The van der Waals surface area contributed by atoms with Gasteiger partial charge in [-0.3, -0.25) is 0 Å². The van der Waals surface area contributed by atoms with Gasteiger partial charge in [0.2, 0.25) is 0 Å². The van der Waals surface area contributed by atoms with Crippen LogP contribution in [0.3, 0.4) is 0 Å². The second kappa shape index (κ2) is 7.97. The standard InChI is InChI=1S/C17H19BrFN3O/c1-11(2)23-15-6-4-14(5-7-15)22-17(20)21-10-12-9-13(19)3-8-16(12)18/h3-9,11H,10H2,1-2H3,(H3,20,21,22). The fourth-order valence-corrected chi connectivity index (χ4v) is 2.28. The number of halogens is 2. The lowest BCUT2D eigenvalue weighted by Gasteiger charge is -2.11. The van der Waals surface area contributed by atoms with Crippen LogP contribution in [0.25, 0.3) is 0 Å². The van der Waals surface area contributed by atoms with Crippen LogP contribution in [0, 0.1) is 5.82 Å². The fourth-order valence-electron chi connectivity index (χ4n) is 1.91. The van der Waals surface area contributed by atoms with Crippen molar-refractivity contribution in [3.8, 4) is 5.75 Å². The maximum Gasteiger partial charge on any atom is 0.193 e. The van der Waals surface area contributed by atoms with Gasteiger partial charge in [-0.1, -0.05) is 15.9 Å². The van der Waals surface area contributed by atoms with E-state index in [2.05, 4.69) is 26.2 Å². The van der Waals surface area contributed by atoms with Gasteiger partial charge >= 0.3 is 0 Å². The van der Waals surface area contributed by atoms with Crippen molar-refractivity contribution in [3.05, 3.63) is 58.3 Å². The van der Waals surface area contributed by atoms with Gasteiger partial charge in [-0.2, -0.15) is 0 Å². The molecule has 2 aromatic carbocycles. The summed E-state index contributed by atoms with van der Waals surface area (Å²) < 4.78 is 19.6. The molecular formula is C17H19BrFN3O. The molecule has 0 aliphatic rings. The molecule has 23 heavy (non-hydrogen) atoms. The number of rotatable bonds is 5. The van der Waals surface area contributed by atoms with E-state index in [4.69, 9.17) is 10.5 Å². The van der Waals surface area contributed by atoms with Crippen molar-refractivity contribution in [3.63, 3.8) is 0 Å². The molecule has 0 radical (unpaired) electrons. The van der Waals surface area contributed by atoms with E-state index in [1.807, 2.05) is 38.1 Å². The summed E-state index contributed by atoms with van der Waals surface area (Å²) in [4.78, 5) is 4.22. The normalized spacial score (nSPS) is 11.6. The molecule has 0 fully saturated rings. The Morgan fingerprint density at radius 2 is 1.96 bits per heavy atom. The van der Waals surface area contributed by atoms with Crippen LogP contribution >= 0.6 is 15.9 Å². The summed E-state index contributed by atoms with van der Waals surface area (Å²) in [6, 6.07) is 11.9. The summed E-state index contributed by atoms with van der Waals surface area (Å²) in [6.07, 6.45) is 0.130. The van der Waals surface area contributed by atoms with Gasteiger partial charge in [0.1, 0.15) is 11.6 Å². The molecule has 3 N–H and O–H groups in total. The van der Waals surface area contributed by atoms with Crippen LogP contribution < -0.4 is 15.8 Å². The summed E-state index contributed by atoms with van der Waals surface area (Å²) in [5.74, 6) is 0.758. The highest BCUT2D eigenvalue weighted by molar-refractivity contribution is 9.10. The molecule has 122 valence electrons. The molecule has 0 bridgehead atoms. The summed E-state index contributed by atoms with van der Waals surface area (Å²) in [6.45, 7) is 4.23. The van der Waals surface area contributed by atoms with Gasteiger partial charge in [0.05, 0.1) is 12.6 Å². The van der Waals surface area contributed by atoms with Crippen molar-refractivity contribution >= 4 is 27.6 Å². The number of nitrogens with zero attached hydrogens (tertiary/aromatic N) is 1. The van der Waals surface area contributed by atoms with Crippen molar-refractivity contribution in [2.75, 3.05) is 5.32 Å². The van der Waals surface area contributed by atoms with Crippen molar-refractivity contribution in [2.45, 2.75) is 26.5 Å². The third kappa shape index (κ3) is 5.56. The summed E-state index contributed by atoms with van der Waals surface area (Å²) in [7, 11) is 0. The van der Waals surface area contributed by atoms with Gasteiger partial charge in [-0.05, 0) is 61.9 Å². The van der Waals surface area contributed by atoms with E-state index >= 15 is 0 Å². The first-order chi connectivity index (χ1) is 10.9. The zero-order valence-corrected chi connectivity index (χ0v) is 14.6. The maximum absolute atomic E-state index is 13.2. The molecule has 4 nitrogen and oxygen atoms in total. The van der Waals surface area contributed by atoms with Gasteiger partial charge in [0, 0.05) is 10.2 Å². The van der Waals surface area contributed by atoms with Crippen LogP contribution in [-0.2, 0) is 6.54 Å².